The Kier molecular flexibility index (Phi) is 6.40. The van der Waals surface area contributed by atoms with Crippen molar-refractivity contribution in [3.05, 3.63) is 58.6 Å². The van der Waals surface area contributed by atoms with Crippen molar-refractivity contribution in [1.29, 1.82) is 5.26 Å². The molecule has 6 nitrogen and oxygen atoms in total. The van der Waals surface area contributed by atoms with Crippen LogP contribution in [-0.4, -0.2) is 56.1 Å². The summed E-state index contributed by atoms with van der Waals surface area (Å²) in [7, 11) is 3.10. The zero-order valence-electron chi connectivity index (χ0n) is 15.9. The van der Waals surface area contributed by atoms with Crippen molar-refractivity contribution in [2.75, 3.05) is 40.4 Å². The summed E-state index contributed by atoms with van der Waals surface area (Å²) in [4.78, 5) is 16.7. The van der Waals surface area contributed by atoms with Crippen LogP contribution in [0.1, 0.15) is 22.0 Å². The molecule has 1 aliphatic heterocycles. The summed E-state index contributed by atoms with van der Waals surface area (Å²) in [5.41, 5.74) is 1.35. The summed E-state index contributed by atoms with van der Waals surface area (Å²) < 4.78 is 10.5. The molecule has 0 aromatic heterocycles. The van der Waals surface area contributed by atoms with Gasteiger partial charge in [-0.2, -0.15) is 5.26 Å². The van der Waals surface area contributed by atoms with Gasteiger partial charge in [-0.25, -0.2) is 0 Å². The highest BCUT2D eigenvalue weighted by molar-refractivity contribution is 6.31. The number of amides is 1. The molecule has 0 bridgehead atoms. The highest BCUT2D eigenvalue weighted by Gasteiger charge is 2.28. The molecular formula is C21H22ClN3O3. The van der Waals surface area contributed by atoms with Crippen LogP contribution in [0.4, 0.5) is 0 Å². The Balaban J connectivity index is 1.69. The highest BCUT2D eigenvalue weighted by atomic mass is 35.5. The number of nitrogens with zero attached hydrogens (tertiary/aromatic N) is 3. The molecule has 2 aromatic carbocycles. The molecule has 28 heavy (non-hydrogen) atoms. The lowest BCUT2D eigenvalue weighted by Crippen LogP contribution is -2.49. The lowest BCUT2D eigenvalue weighted by Gasteiger charge is -2.37. The molecule has 3 rings (SSSR count). The third kappa shape index (κ3) is 4.06. The monoisotopic (exact) mass is 399 g/mol. The van der Waals surface area contributed by atoms with Crippen molar-refractivity contribution in [3.63, 3.8) is 0 Å². The van der Waals surface area contributed by atoms with Gasteiger partial charge in [0.25, 0.3) is 5.91 Å². The zero-order chi connectivity index (χ0) is 20.1. The third-order valence-electron chi connectivity index (χ3n) is 4.92. The molecule has 1 aliphatic rings. The van der Waals surface area contributed by atoms with Gasteiger partial charge in [0.1, 0.15) is 6.04 Å². The van der Waals surface area contributed by atoms with Crippen LogP contribution in [0.5, 0.6) is 11.5 Å². The Morgan fingerprint density at radius 2 is 1.75 bits per heavy atom. The molecule has 1 amide bonds. The van der Waals surface area contributed by atoms with Crippen LogP contribution in [0.25, 0.3) is 0 Å². The first-order valence-electron chi connectivity index (χ1n) is 8.98. The molecule has 0 aliphatic carbocycles. The minimum atomic E-state index is -0.424. The second-order valence-electron chi connectivity index (χ2n) is 6.45. The fourth-order valence-electron chi connectivity index (χ4n) is 3.38. The van der Waals surface area contributed by atoms with E-state index >= 15 is 0 Å². The van der Waals surface area contributed by atoms with Crippen LogP contribution >= 0.6 is 11.6 Å². The van der Waals surface area contributed by atoms with Crippen LogP contribution in [0.15, 0.2) is 42.5 Å². The molecule has 1 fully saturated rings. The number of nitriles is 1. The quantitative estimate of drug-likeness (QED) is 0.771. The summed E-state index contributed by atoms with van der Waals surface area (Å²) in [6.45, 7) is 2.27. The molecule has 0 radical (unpaired) electrons. The molecule has 1 unspecified atom stereocenters. The van der Waals surface area contributed by atoms with Gasteiger partial charge in [0.2, 0.25) is 0 Å². The summed E-state index contributed by atoms with van der Waals surface area (Å²) >= 11 is 6.26. The Morgan fingerprint density at radius 1 is 1.07 bits per heavy atom. The van der Waals surface area contributed by atoms with Crippen molar-refractivity contribution >= 4 is 17.5 Å². The molecule has 7 heteroatoms. The lowest BCUT2D eigenvalue weighted by molar-refractivity contribution is 0.0606. The summed E-state index contributed by atoms with van der Waals surface area (Å²) in [5.74, 6) is 1.04. The van der Waals surface area contributed by atoms with E-state index < -0.39 is 6.04 Å². The molecule has 0 spiro atoms. The number of hydrogen-bond donors (Lipinski definition) is 0. The molecule has 2 aromatic rings. The number of benzene rings is 2. The Morgan fingerprint density at radius 3 is 2.36 bits per heavy atom. The third-order valence-corrected chi connectivity index (χ3v) is 5.26. The Hall–Kier alpha value is -2.75. The smallest absolute Gasteiger partial charge is 0.254 e. The van der Waals surface area contributed by atoms with E-state index in [1.165, 1.54) is 0 Å². The Bertz CT molecular complexity index is 889. The van der Waals surface area contributed by atoms with Gasteiger partial charge in [-0.3, -0.25) is 9.69 Å². The van der Waals surface area contributed by atoms with Crippen molar-refractivity contribution in [2.24, 2.45) is 0 Å². The normalized spacial score (nSPS) is 15.6. The standard InChI is InChI=1S/C21H22ClN3O3/c1-27-19-8-7-15(13-20(19)28-2)21(26)25-11-9-24(10-12-25)18(14-23)16-5-3-4-6-17(16)22/h3-8,13,18H,9-12H2,1-2H3. The maximum absolute atomic E-state index is 12.9. The van der Waals surface area contributed by atoms with Crippen molar-refractivity contribution in [3.8, 4) is 17.6 Å². The number of methoxy groups -OCH3 is 2. The van der Waals surface area contributed by atoms with Gasteiger partial charge < -0.3 is 14.4 Å². The van der Waals surface area contributed by atoms with E-state index in [1.807, 2.05) is 18.2 Å². The second kappa shape index (κ2) is 8.96. The van der Waals surface area contributed by atoms with E-state index in [9.17, 15) is 10.1 Å². The molecule has 0 saturated carbocycles. The van der Waals surface area contributed by atoms with Crippen LogP contribution in [-0.2, 0) is 0 Å². The molecule has 0 N–H and O–H groups in total. The van der Waals surface area contributed by atoms with Crippen molar-refractivity contribution in [1.82, 2.24) is 9.80 Å². The van der Waals surface area contributed by atoms with Gasteiger partial charge in [-0.05, 0) is 24.3 Å². The molecule has 146 valence electrons. The zero-order valence-corrected chi connectivity index (χ0v) is 16.6. The predicted octanol–water partition coefficient (Wildman–Crippen LogP) is 3.38. The number of piperazine rings is 1. The number of rotatable bonds is 5. The van der Waals surface area contributed by atoms with E-state index in [0.717, 1.165) is 5.56 Å². The summed E-state index contributed by atoms with van der Waals surface area (Å²) in [5, 5.41) is 10.2. The average molecular weight is 400 g/mol. The summed E-state index contributed by atoms with van der Waals surface area (Å²) in [6, 6.07) is 14.5. The van der Waals surface area contributed by atoms with Crippen LogP contribution < -0.4 is 9.47 Å². The Labute approximate surface area is 169 Å². The molecule has 1 saturated heterocycles. The van der Waals surface area contributed by atoms with E-state index in [4.69, 9.17) is 21.1 Å². The number of ether oxygens (including phenoxy) is 2. The maximum Gasteiger partial charge on any atom is 0.254 e. The molecule has 1 heterocycles. The van der Waals surface area contributed by atoms with Gasteiger partial charge in [0.05, 0.1) is 20.3 Å². The topological polar surface area (TPSA) is 65.8 Å². The highest BCUT2D eigenvalue weighted by Crippen LogP contribution is 2.30. The van der Waals surface area contributed by atoms with Crippen LogP contribution in [0.3, 0.4) is 0 Å². The number of carbonyl (C=O) groups is 1. The van der Waals surface area contributed by atoms with Crippen LogP contribution in [0, 0.1) is 11.3 Å². The van der Waals surface area contributed by atoms with Gasteiger partial charge in [-0.1, -0.05) is 29.8 Å². The van der Waals surface area contributed by atoms with Gasteiger partial charge in [-0.15, -0.1) is 0 Å². The molecule has 1 atom stereocenters. The van der Waals surface area contributed by atoms with Gasteiger partial charge in [0.15, 0.2) is 11.5 Å². The fraction of sp³-hybridized carbons (Fsp3) is 0.333. The lowest BCUT2D eigenvalue weighted by atomic mass is 10.1. The largest absolute Gasteiger partial charge is 0.493 e. The van der Waals surface area contributed by atoms with E-state index in [0.29, 0.717) is 48.3 Å². The fourth-order valence-corrected chi connectivity index (χ4v) is 3.62. The second-order valence-corrected chi connectivity index (χ2v) is 6.86. The van der Waals surface area contributed by atoms with Crippen molar-refractivity contribution < 1.29 is 14.3 Å². The van der Waals surface area contributed by atoms with E-state index in [-0.39, 0.29) is 5.91 Å². The number of carbonyl (C=O) groups excluding carboxylic acids is 1. The number of halogens is 1. The van der Waals surface area contributed by atoms with E-state index in [2.05, 4.69) is 11.0 Å². The van der Waals surface area contributed by atoms with Gasteiger partial charge in [0, 0.05) is 42.3 Å². The predicted molar refractivity (Wildman–Crippen MR) is 107 cm³/mol. The number of hydrogen-bond acceptors (Lipinski definition) is 5. The van der Waals surface area contributed by atoms with Crippen LogP contribution in [0.2, 0.25) is 5.02 Å². The average Bonchev–Trinajstić information content (AvgIpc) is 2.75. The SMILES string of the molecule is COc1ccc(C(=O)N2CCN(C(C#N)c3ccccc3Cl)CC2)cc1OC. The van der Waals surface area contributed by atoms with Crippen molar-refractivity contribution in [2.45, 2.75) is 6.04 Å². The maximum atomic E-state index is 12.9. The minimum absolute atomic E-state index is 0.0631. The van der Waals surface area contributed by atoms with E-state index in [1.54, 1.807) is 43.4 Å². The minimum Gasteiger partial charge on any atom is -0.493 e. The first-order chi connectivity index (χ1) is 13.6. The molecular weight excluding hydrogens is 378 g/mol. The summed E-state index contributed by atoms with van der Waals surface area (Å²) in [6.07, 6.45) is 0. The first-order valence-corrected chi connectivity index (χ1v) is 9.36. The van der Waals surface area contributed by atoms with Gasteiger partial charge >= 0.3 is 0 Å². The first kappa shape index (κ1) is 20.0.